The van der Waals surface area contributed by atoms with Gasteiger partial charge >= 0.3 is 0 Å². The number of anilines is 3. The molecule has 0 aliphatic heterocycles. The van der Waals surface area contributed by atoms with Gasteiger partial charge in [0.2, 0.25) is 5.91 Å². The van der Waals surface area contributed by atoms with E-state index in [4.69, 9.17) is 5.73 Å². The van der Waals surface area contributed by atoms with Gasteiger partial charge in [0, 0.05) is 11.4 Å². The number of nitrogen functional groups attached to an aromatic ring is 1. The van der Waals surface area contributed by atoms with Crippen LogP contribution in [0.1, 0.15) is 23.0 Å². The molecule has 0 atom stereocenters. The summed E-state index contributed by atoms with van der Waals surface area (Å²) in [7, 11) is 0. The van der Waals surface area contributed by atoms with E-state index in [9.17, 15) is 9.59 Å². The highest BCUT2D eigenvalue weighted by Gasteiger charge is 2.19. The maximum atomic E-state index is 12.4. The summed E-state index contributed by atoms with van der Waals surface area (Å²) in [4.78, 5) is 24.5. The minimum Gasteiger partial charge on any atom is -0.382 e. The number of nitrogens with zero attached hydrogens (tertiary/aromatic N) is 3. The number of carbonyl (C=O) groups is 2. The van der Waals surface area contributed by atoms with E-state index in [1.165, 1.54) is 10.2 Å². The van der Waals surface area contributed by atoms with E-state index in [0.29, 0.717) is 11.4 Å². The Morgan fingerprint density at radius 1 is 1.00 bits per heavy atom. The van der Waals surface area contributed by atoms with E-state index in [0.717, 1.165) is 6.42 Å². The Kier molecular flexibility index (Phi) is 5.46. The van der Waals surface area contributed by atoms with Gasteiger partial charge in [-0.3, -0.25) is 9.59 Å². The van der Waals surface area contributed by atoms with Crippen molar-refractivity contribution in [3.05, 3.63) is 65.9 Å². The van der Waals surface area contributed by atoms with Crippen LogP contribution >= 0.6 is 0 Å². The van der Waals surface area contributed by atoms with Gasteiger partial charge in [-0.15, -0.1) is 5.10 Å². The SMILES string of the molecule is CCc1ccc(NC(=O)c2nnn(CC(=O)Nc3ccccc3)c2N)cc1. The van der Waals surface area contributed by atoms with Crippen molar-refractivity contribution in [2.24, 2.45) is 0 Å². The molecule has 2 aromatic carbocycles. The second-order valence-electron chi connectivity index (χ2n) is 5.90. The van der Waals surface area contributed by atoms with Gasteiger partial charge in [0.1, 0.15) is 6.54 Å². The quantitative estimate of drug-likeness (QED) is 0.621. The zero-order valence-corrected chi connectivity index (χ0v) is 14.8. The summed E-state index contributed by atoms with van der Waals surface area (Å²) in [6.07, 6.45) is 0.917. The fourth-order valence-corrected chi connectivity index (χ4v) is 2.47. The first-order valence-electron chi connectivity index (χ1n) is 8.51. The summed E-state index contributed by atoms with van der Waals surface area (Å²) < 4.78 is 1.19. The van der Waals surface area contributed by atoms with Crippen LogP contribution in [0.15, 0.2) is 54.6 Å². The molecule has 1 heterocycles. The Bertz CT molecular complexity index is 935. The van der Waals surface area contributed by atoms with Crippen molar-refractivity contribution in [3.63, 3.8) is 0 Å². The summed E-state index contributed by atoms with van der Waals surface area (Å²) in [6, 6.07) is 16.5. The Morgan fingerprint density at radius 2 is 1.67 bits per heavy atom. The number of carbonyl (C=O) groups excluding carboxylic acids is 2. The highest BCUT2D eigenvalue weighted by molar-refractivity contribution is 6.05. The molecule has 3 aromatic rings. The van der Waals surface area contributed by atoms with Gasteiger partial charge < -0.3 is 16.4 Å². The molecule has 0 aliphatic rings. The standard InChI is InChI=1S/C19H20N6O2/c1-2-13-8-10-15(11-9-13)22-19(27)17-18(20)25(24-23-17)12-16(26)21-14-6-4-3-5-7-14/h3-11H,2,12,20H2,1H3,(H,21,26)(H,22,27). The Balaban J connectivity index is 1.65. The molecule has 27 heavy (non-hydrogen) atoms. The second kappa shape index (κ2) is 8.13. The molecule has 2 amide bonds. The van der Waals surface area contributed by atoms with E-state index >= 15 is 0 Å². The lowest BCUT2D eigenvalue weighted by Gasteiger charge is -2.06. The zero-order valence-electron chi connectivity index (χ0n) is 14.8. The Morgan fingerprint density at radius 3 is 2.33 bits per heavy atom. The van der Waals surface area contributed by atoms with E-state index in [1.807, 2.05) is 42.5 Å². The van der Waals surface area contributed by atoms with Gasteiger partial charge in [0.05, 0.1) is 0 Å². The first kappa shape index (κ1) is 18.1. The van der Waals surface area contributed by atoms with Gasteiger partial charge in [-0.2, -0.15) is 0 Å². The third-order valence-corrected chi connectivity index (χ3v) is 3.96. The molecule has 0 unspecified atom stereocenters. The van der Waals surface area contributed by atoms with E-state index in [-0.39, 0.29) is 24.0 Å². The predicted octanol–water partition coefficient (Wildman–Crippen LogP) is 2.31. The van der Waals surface area contributed by atoms with E-state index in [1.54, 1.807) is 12.1 Å². The number of nitrogens with two attached hydrogens (primary N) is 1. The highest BCUT2D eigenvalue weighted by atomic mass is 16.2. The third-order valence-electron chi connectivity index (χ3n) is 3.96. The molecule has 138 valence electrons. The van der Waals surface area contributed by atoms with Crippen molar-refractivity contribution in [1.82, 2.24) is 15.0 Å². The molecular formula is C19H20N6O2. The molecule has 3 rings (SSSR count). The van der Waals surface area contributed by atoms with Crippen LogP contribution in [0.4, 0.5) is 17.2 Å². The van der Waals surface area contributed by atoms with Crippen LogP contribution in [0.5, 0.6) is 0 Å². The van der Waals surface area contributed by atoms with Crippen molar-refractivity contribution < 1.29 is 9.59 Å². The van der Waals surface area contributed by atoms with Crippen molar-refractivity contribution >= 4 is 29.0 Å². The molecule has 0 fully saturated rings. The number of rotatable bonds is 6. The van der Waals surface area contributed by atoms with Crippen molar-refractivity contribution in [2.75, 3.05) is 16.4 Å². The lowest BCUT2D eigenvalue weighted by atomic mass is 10.1. The van der Waals surface area contributed by atoms with Crippen LogP contribution in [0.2, 0.25) is 0 Å². The van der Waals surface area contributed by atoms with Crippen LogP contribution in [0, 0.1) is 0 Å². The number of para-hydroxylation sites is 1. The summed E-state index contributed by atoms with van der Waals surface area (Å²) >= 11 is 0. The first-order valence-corrected chi connectivity index (χ1v) is 8.51. The summed E-state index contributed by atoms with van der Waals surface area (Å²) in [5.74, 6) is -0.771. The summed E-state index contributed by atoms with van der Waals surface area (Å²) in [6.45, 7) is 1.91. The third kappa shape index (κ3) is 4.49. The average molecular weight is 364 g/mol. The van der Waals surface area contributed by atoms with Crippen LogP contribution < -0.4 is 16.4 Å². The zero-order chi connectivity index (χ0) is 19.2. The molecule has 0 saturated heterocycles. The fraction of sp³-hybridized carbons (Fsp3) is 0.158. The van der Waals surface area contributed by atoms with Gasteiger partial charge in [0.15, 0.2) is 11.5 Å². The molecule has 4 N–H and O–H groups in total. The van der Waals surface area contributed by atoms with Crippen LogP contribution in [-0.2, 0) is 17.8 Å². The summed E-state index contributed by atoms with van der Waals surface area (Å²) in [5, 5.41) is 13.1. The molecule has 0 aliphatic carbocycles. The Labute approximate surface area is 156 Å². The van der Waals surface area contributed by atoms with E-state index in [2.05, 4.69) is 27.9 Å². The lowest BCUT2D eigenvalue weighted by molar-refractivity contribution is -0.116. The van der Waals surface area contributed by atoms with Crippen LogP contribution in [0.3, 0.4) is 0 Å². The van der Waals surface area contributed by atoms with Crippen LogP contribution in [-0.4, -0.2) is 26.8 Å². The molecule has 0 radical (unpaired) electrons. The van der Waals surface area contributed by atoms with Gasteiger partial charge in [-0.25, -0.2) is 4.68 Å². The number of hydrogen-bond donors (Lipinski definition) is 3. The van der Waals surface area contributed by atoms with E-state index < -0.39 is 5.91 Å². The molecular weight excluding hydrogens is 344 g/mol. The molecule has 0 saturated carbocycles. The molecule has 8 heteroatoms. The van der Waals surface area contributed by atoms with Crippen molar-refractivity contribution in [1.29, 1.82) is 0 Å². The smallest absolute Gasteiger partial charge is 0.280 e. The molecule has 0 spiro atoms. The number of benzene rings is 2. The molecule has 1 aromatic heterocycles. The fourth-order valence-electron chi connectivity index (χ4n) is 2.47. The minimum atomic E-state index is -0.480. The van der Waals surface area contributed by atoms with Gasteiger partial charge in [-0.1, -0.05) is 42.5 Å². The summed E-state index contributed by atoms with van der Waals surface area (Å²) in [5.41, 5.74) is 8.38. The monoisotopic (exact) mass is 364 g/mol. The predicted molar refractivity (Wildman–Crippen MR) is 103 cm³/mol. The average Bonchev–Trinajstić information content (AvgIpc) is 3.03. The minimum absolute atomic E-state index is 0.0259. The molecule has 8 nitrogen and oxygen atoms in total. The van der Waals surface area contributed by atoms with Crippen molar-refractivity contribution in [2.45, 2.75) is 19.9 Å². The maximum Gasteiger partial charge on any atom is 0.280 e. The number of aromatic nitrogens is 3. The maximum absolute atomic E-state index is 12.4. The first-order chi connectivity index (χ1) is 13.1. The van der Waals surface area contributed by atoms with Gasteiger partial charge in [0.25, 0.3) is 5.91 Å². The topological polar surface area (TPSA) is 115 Å². The number of hydrogen-bond acceptors (Lipinski definition) is 5. The normalized spacial score (nSPS) is 10.4. The Hall–Kier alpha value is -3.68. The molecule has 0 bridgehead atoms. The largest absolute Gasteiger partial charge is 0.382 e. The second-order valence-corrected chi connectivity index (χ2v) is 5.90. The van der Waals surface area contributed by atoms with Crippen LogP contribution in [0.25, 0.3) is 0 Å². The van der Waals surface area contributed by atoms with Crippen molar-refractivity contribution in [3.8, 4) is 0 Å². The number of amides is 2. The number of nitrogens with one attached hydrogen (secondary N) is 2. The lowest BCUT2D eigenvalue weighted by Crippen LogP contribution is -2.21. The highest BCUT2D eigenvalue weighted by Crippen LogP contribution is 2.14. The number of aryl methyl sites for hydroxylation is 1. The van der Waals surface area contributed by atoms with Gasteiger partial charge in [-0.05, 0) is 36.2 Å².